The maximum atomic E-state index is 12.4. The zero-order valence-electron chi connectivity index (χ0n) is 9.04. The minimum absolute atomic E-state index is 0.415. The number of thioether (sulfide) groups is 1. The molecule has 1 heterocycles. The molecule has 0 aromatic heterocycles. The summed E-state index contributed by atoms with van der Waals surface area (Å²) in [7, 11) is 0. The molecule has 0 atom stereocenters. The van der Waals surface area contributed by atoms with E-state index in [0.29, 0.717) is 18.8 Å². The van der Waals surface area contributed by atoms with Crippen LogP contribution in [0.4, 0.5) is 18.9 Å². The predicted octanol–water partition coefficient (Wildman–Crippen LogP) is 3.26. The van der Waals surface area contributed by atoms with Gasteiger partial charge >= 0.3 is 6.18 Å². The van der Waals surface area contributed by atoms with Gasteiger partial charge in [0.05, 0.1) is 18.7 Å². The minimum Gasteiger partial charge on any atom is -0.627 e. The highest BCUT2D eigenvalue weighted by Gasteiger charge is 2.31. The standard InChI is InChI=1S/C11H12F3NOS/c12-11(13,14)9-1-3-10(4-2-9)15(16)5-7-17-8-6-15/h1-4H,5-8H2. The molecule has 0 bridgehead atoms. The molecule has 1 aromatic rings. The summed E-state index contributed by atoms with van der Waals surface area (Å²) >= 11 is 1.70. The quantitative estimate of drug-likeness (QED) is 0.573. The molecule has 0 aliphatic carbocycles. The monoisotopic (exact) mass is 263 g/mol. The average molecular weight is 263 g/mol. The van der Waals surface area contributed by atoms with Crippen LogP contribution in [0.5, 0.6) is 0 Å². The SMILES string of the molecule is [O-][N+]1(c2ccc(C(F)(F)F)cc2)CCSCC1. The van der Waals surface area contributed by atoms with Gasteiger partial charge < -0.3 is 9.85 Å². The Hall–Kier alpha value is -0.720. The van der Waals surface area contributed by atoms with Gasteiger partial charge in [-0.3, -0.25) is 0 Å². The molecule has 2 rings (SSSR count). The summed E-state index contributed by atoms with van der Waals surface area (Å²) in [6, 6.07) is 4.56. The van der Waals surface area contributed by atoms with Gasteiger partial charge in [0.15, 0.2) is 0 Å². The molecular weight excluding hydrogens is 251 g/mol. The van der Waals surface area contributed by atoms with E-state index in [-0.39, 0.29) is 0 Å². The van der Waals surface area contributed by atoms with E-state index in [0.717, 1.165) is 23.6 Å². The second kappa shape index (κ2) is 4.51. The lowest BCUT2D eigenvalue weighted by atomic mass is 10.2. The van der Waals surface area contributed by atoms with Gasteiger partial charge in [0, 0.05) is 23.6 Å². The summed E-state index contributed by atoms with van der Waals surface area (Å²) in [5, 5.41) is 12.3. The molecule has 0 N–H and O–H groups in total. The van der Waals surface area contributed by atoms with E-state index in [1.54, 1.807) is 11.8 Å². The maximum absolute atomic E-state index is 12.4. The van der Waals surface area contributed by atoms with Crippen LogP contribution in [0.15, 0.2) is 24.3 Å². The van der Waals surface area contributed by atoms with E-state index >= 15 is 0 Å². The van der Waals surface area contributed by atoms with Gasteiger partial charge in [-0.1, -0.05) is 0 Å². The van der Waals surface area contributed by atoms with Gasteiger partial charge in [-0.15, -0.1) is 0 Å². The number of benzene rings is 1. The number of hydroxylamine groups is 2. The van der Waals surface area contributed by atoms with Crippen molar-refractivity contribution in [2.75, 3.05) is 24.6 Å². The number of rotatable bonds is 1. The Balaban J connectivity index is 2.23. The van der Waals surface area contributed by atoms with Crippen molar-refractivity contribution in [1.82, 2.24) is 4.65 Å². The molecule has 94 valence electrons. The molecule has 6 heteroatoms. The Morgan fingerprint density at radius 2 is 1.59 bits per heavy atom. The van der Waals surface area contributed by atoms with Crippen molar-refractivity contribution in [3.8, 4) is 0 Å². The summed E-state index contributed by atoms with van der Waals surface area (Å²) in [5.74, 6) is 1.51. The van der Waals surface area contributed by atoms with Crippen molar-refractivity contribution in [3.05, 3.63) is 35.0 Å². The van der Waals surface area contributed by atoms with Crippen LogP contribution < -0.4 is 4.65 Å². The van der Waals surface area contributed by atoms with E-state index in [4.69, 9.17) is 0 Å². The maximum Gasteiger partial charge on any atom is 0.416 e. The Bertz CT molecular complexity index is 385. The highest BCUT2D eigenvalue weighted by Crippen LogP contribution is 2.32. The molecule has 1 aliphatic heterocycles. The Kier molecular flexibility index (Phi) is 3.38. The second-order valence-corrected chi connectivity index (χ2v) is 5.22. The molecule has 2 nitrogen and oxygen atoms in total. The van der Waals surface area contributed by atoms with E-state index in [1.807, 2.05) is 0 Å². The Morgan fingerprint density at radius 1 is 1.06 bits per heavy atom. The zero-order valence-corrected chi connectivity index (χ0v) is 9.85. The fourth-order valence-electron chi connectivity index (χ4n) is 1.82. The molecule has 1 aliphatic rings. The summed E-state index contributed by atoms with van der Waals surface area (Å²) in [5.41, 5.74) is -0.294. The summed E-state index contributed by atoms with van der Waals surface area (Å²) in [6.07, 6.45) is -4.34. The summed E-state index contributed by atoms with van der Waals surface area (Å²) < 4.78 is 36.6. The molecular formula is C11H12F3NOS. The fourth-order valence-corrected chi connectivity index (χ4v) is 2.87. The lowest BCUT2D eigenvalue weighted by molar-refractivity contribution is -0.137. The lowest BCUT2D eigenvalue weighted by Crippen LogP contribution is -2.49. The van der Waals surface area contributed by atoms with Crippen LogP contribution in [0.3, 0.4) is 0 Å². The number of hydrogen-bond acceptors (Lipinski definition) is 2. The van der Waals surface area contributed by atoms with Crippen LogP contribution >= 0.6 is 11.8 Å². The minimum atomic E-state index is -4.34. The third-order valence-corrected chi connectivity index (χ3v) is 3.80. The molecule has 1 saturated heterocycles. The van der Waals surface area contributed by atoms with Gasteiger partial charge in [0.1, 0.15) is 5.69 Å². The first-order chi connectivity index (χ1) is 7.92. The zero-order chi connectivity index (χ0) is 12.5. The molecule has 0 spiro atoms. The average Bonchev–Trinajstić information content (AvgIpc) is 2.29. The lowest BCUT2D eigenvalue weighted by Gasteiger charge is -2.44. The molecule has 0 saturated carbocycles. The van der Waals surface area contributed by atoms with Crippen molar-refractivity contribution in [2.45, 2.75) is 6.18 Å². The van der Waals surface area contributed by atoms with E-state index < -0.39 is 16.4 Å². The van der Waals surface area contributed by atoms with E-state index in [1.165, 1.54) is 12.1 Å². The fraction of sp³-hybridized carbons (Fsp3) is 0.455. The first-order valence-electron chi connectivity index (χ1n) is 5.25. The predicted molar refractivity (Wildman–Crippen MR) is 63.7 cm³/mol. The first kappa shape index (κ1) is 12.7. The van der Waals surface area contributed by atoms with Crippen molar-refractivity contribution in [3.63, 3.8) is 0 Å². The molecule has 1 aromatic carbocycles. The number of halogens is 3. The molecule has 0 unspecified atom stereocenters. The molecule has 0 amide bonds. The molecule has 17 heavy (non-hydrogen) atoms. The van der Waals surface area contributed by atoms with Crippen molar-refractivity contribution < 1.29 is 13.2 Å². The van der Waals surface area contributed by atoms with Crippen LogP contribution in [-0.2, 0) is 6.18 Å². The normalized spacial score (nSPS) is 20.2. The number of hydrogen-bond donors (Lipinski definition) is 0. The van der Waals surface area contributed by atoms with Crippen LogP contribution in [-0.4, -0.2) is 24.6 Å². The first-order valence-corrected chi connectivity index (χ1v) is 6.41. The highest BCUT2D eigenvalue weighted by molar-refractivity contribution is 7.99. The van der Waals surface area contributed by atoms with Gasteiger partial charge in [0.25, 0.3) is 0 Å². The third kappa shape index (κ3) is 2.75. The van der Waals surface area contributed by atoms with E-state index in [2.05, 4.69) is 0 Å². The summed E-state index contributed by atoms with van der Waals surface area (Å²) in [6.45, 7) is 0.853. The van der Waals surface area contributed by atoms with Crippen molar-refractivity contribution >= 4 is 17.4 Å². The van der Waals surface area contributed by atoms with Crippen LogP contribution in [0.2, 0.25) is 0 Å². The van der Waals surface area contributed by atoms with Crippen LogP contribution in [0.1, 0.15) is 5.56 Å². The van der Waals surface area contributed by atoms with Gasteiger partial charge in [-0.2, -0.15) is 24.9 Å². The molecule has 0 radical (unpaired) electrons. The van der Waals surface area contributed by atoms with Gasteiger partial charge in [0.2, 0.25) is 0 Å². The van der Waals surface area contributed by atoms with Crippen LogP contribution in [0.25, 0.3) is 0 Å². The number of alkyl halides is 3. The molecule has 1 fully saturated rings. The number of quaternary nitrogens is 1. The number of nitrogens with zero attached hydrogens (tertiary/aromatic N) is 1. The van der Waals surface area contributed by atoms with Gasteiger partial charge in [-0.05, 0) is 12.1 Å². The van der Waals surface area contributed by atoms with Crippen molar-refractivity contribution in [2.24, 2.45) is 0 Å². The van der Waals surface area contributed by atoms with Crippen molar-refractivity contribution in [1.29, 1.82) is 0 Å². The highest BCUT2D eigenvalue weighted by atomic mass is 32.2. The largest absolute Gasteiger partial charge is 0.627 e. The second-order valence-electron chi connectivity index (χ2n) is 3.99. The Labute approximate surface area is 102 Å². The third-order valence-electron chi connectivity index (χ3n) is 2.86. The summed E-state index contributed by atoms with van der Waals surface area (Å²) in [4.78, 5) is 0. The topological polar surface area (TPSA) is 23.1 Å². The smallest absolute Gasteiger partial charge is 0.416 e. The van der Waals surface area contributed by atoms with E-state index in [9.17, 15) is 18.4 Å². The van der Waals surface area contributed by atoms with Crippen LogP contribution in [0, 0.1) is 5.21 Å². The Morgan fingerprint density at radius 3 is 2.06 bits per heavy atom. The van der Waals surface area contributed by atoms with Gasteiger partial charge in [-0.25, -0.2) is 0 Å².